The molecule has 2 aliphatic rings. The van der Waals surface area contributed by atoms with Crippen molar-refractivity contribution in [1.82, 2.24) is 15.5 Å². The third-order valence-electron chi connectivity index (χ3n) is 8.48. The number of esters is 1. The highest BCUT2D eigenvalue weighted by atomic mass is 32.2. The van der Waals surface area contributed by atoms with Crippen molar-refractivity contribution in [3.05, 3.63) is 35.4 Å². The van der Waals surface area contributed by atoms with Gasteiger partial charge in [0.15, 0.2) is 0 Å². The quantitative estimate of drug-likeness (QED) is 0.136. The molecule has 0 spiro atoms. The zero-order valence-corrected chi connectivity index (χ0v) is 28.1. The van der Waals surface area contributed by atoms with Crippen LogP contribution >= 0.6 is 11.8 Å². The van der Waals surface area contributed by atoms with Gasteiger partial charge in [-0.05, 0) is 42.4 Å². The molecule has 0 saturated carbocycles. The standard InChI is InChI=1S/C34H49N3O7S/c1-6-24(20-44-30(41)19-17-25(38)7-2)35-29(40)18-16-26(39)10-8-9-11-28-31-27(21-45-28)37(33(43)36-31)32(42)22-12-14-23(15-13-22)34(3,4)5/h12-15,24,27-28,31H,6-11,16-21H2,1-5H3,(H,35,40)(H,36,43)/t24?,27-,28-,31-/m0/s1. The maximum absolute atomic E-state index is 13.3. The molecule has 11 heteroatoms. The summed E-state index contributed by atoms with van der Waals surface area (Å²) in [6.07, 6.45) is 4.08. The Hall–Kier alpha value is -3.21. The molecular weight excluding hydrogens is 594 g/mol. The number of fused-ring (bicyclic) bond motifs is 1. The van der Waals surface area contributed by atoms with E-state index < -0.39 is 5.97 Å². The average Bonchev–Trinajstić information content (AvgIpc) is 3.55. The van der Waals surface area contributed by atoms with Gasteiger partial charge in [0.25, 0.3) is 5.91 Å². The van der Waals surface area contributed by atoms with Crippen LogP contribution in [0.2, 0.25) is 0 Å². The molecule has 248 valence electrons. The second-order valence-corrected chi connectivity index (χ2v) is 14.2. The van der Waals surface area contributed by atoms with Crippen LogP contribution in [0.1, 0.15) is 115 Å². The molecule has 1 unspecified atom stereocenters. The highest BCUT2D eigenvalue weighted by molar-refractivity contribution is 8.00. The van der Waals surface area contributed by atoms with Crippen molar-refractivity contribution < 1.29 is 33.5 Å². The zero-order valence-electron chi connectivity index (χ0n) is 27.3. The number of urea groups is 1. The van der Waals surface area contributed by atoms with E-state index in [1.165, 1.54) is 4.90 Å². The molecule has 10 nitrogen and oxygen atoms in total. The molecule has 1 aromatic carbocycles. The van der Waals surface area contributed by atoms with Crippen molar-refractivity contribution in [1.29, 1.82) is 0 Å². The highest BCUT2D eigenvalue weighted by Crippen LogP contribution is 2.37. The Balaban J connectivity index is 1.34. The maximum atomic E-state index is 13.3. The number of hydrogen-bond acceptors (Lipinski definition) is 8. The lowest BCUT2D eigenvalue weighted by molar-refractivity contribution is -0.146. The minimum absolute atomic E-state index is 0.00339. The SMILES string of the molecule is CCC(=O)CCC(=O)OCC(CC)NC(=O)CCC(=O)CCCC[C@@H]1SC[C@H]2[C@@H]1NC(=O)N2C(=O)c1ccc(C(C)(C)C)cc1. The highest BCUT2D eigenvalue weighted by Gasteiger charge is 2.50. The number of imide groups is 1. The number of Topliss-reactive ketones (excluding diaryl/α,β-unsaturated/α-hetero) is 2. The summed E-state index contributed by atoms with van der Waals surface area (Å²) >= 11 is 1.76. The van der Waals surface area contributed by atoms with Gasteiger partial charge in [0.1, 0.15) is 18.2 Å². The lowest BCUT2D eigenvalue weighted by Crippen LogP contribution is -2.41. The zero-order chi connectivity index (χ0) is 33.1. The van der Waals surface area contributed by atoms with E-state index in [0.717, 1.165) is 18.4 Å². The number of rotatable bonds is 17. The van der Waals surface area contributed by atoms with Crippen LogP contribution < -0.4 is 10.6 Å². The summed E-state index contributed by atoms with van der Waals surface area (Å²) in [7, 11) is 0. The normalized spacial score (nSPS) is 19.9. The third kappa shape index (κ3) is 10.7. The van der Waals surface area contributed by atoms with Gasteiger partial charge in [-0.1, -0.05) is 53.2 Å². The minimum Gasteiger partial charge on any atom is -0.463 e. The number of carbonyl (C=O) groups is 6. The smallest absolute Gasteiger partial charge is 0.325 e. The Kier molecular flexibility index (Phi) is 13.6. The molecule has 2 heterocycles. The number of amides is 4. The van der Waals surface area contributed by atoms with Crippen LogP contribution in [0.3, 0.4) is 0 Å². The van der Waals surface area contributed by atoms with Crippen molar-refractivity contribution in [2.24, 2.45) is 0 Å². The fourth-order valence-corrected chi connectivity index (χ4v) is 7.10. The van der Waals surface area contributed by atoms with Gasteiger partial charge in [0.2, 0.25) is 5.91 Å². The minimum atomic E-state index is -0.464. The Morgan fingerprint density at radius 3 is 2.31 bits per heavy atom. The average molecular weight is 644 g/mol. The maximum Gasteiger partial charge on any atom is 0.325 e. The summed E-state index contributed by atoms with van der Waals surface area (Å²) in [6.45, 7) is 9.99. The van der Waals surface area contributed by atoms with Gasteiger partial charge in [-0.15, -0.1) is 0 Å². The Morgan fingerprint density at radius 1 is 0.978 bits per heavy atom. The van der Waals surface area contributed by atoms with Crippen molar-refractivity contribution in [2.45, 2.75) is 128 Å². The summed E-state index contributed by atoms with van der Waals surface area (Å²) in [5.74, 6) is -0.294. The van der Waals surface area contributed by atoms with Crippen molar-refractivity contribution in [3.8, 4) is 0 Å². The third-order valence-corrected chi connectivity index (χ3v) is 9.98. The number of hydrogen-bond donors (Lipinski definition) is 2. The second kappa shape index (κ2) is 16.9. The van der Waals surface area contributed by atoms with Gasteiger partial charge in [-0.3, -0.25) is 28.9 Å². The topological polar surface area (TPSA) is 139 Å². The van der Waals surface area contributed by atoms with E-state index in [-0.39, 0.29) is 90.5 Å². The fraction of sp³-hybridized carbons (Fsp3) is 0.647. The van der Waals surface area contributed by atoms with Gasteiger partial charge in [0.05, 0.1) is 24.5 Å². The number of nitrogens with zero attached hydrogens (tertiary/aromatic N) is 1. The Morgan fingerprint density at radius 2 is 1.67 bits per heavy atom. The first kappa shape index (κ1) is 36.3. The monoisotopic (exact) mass is 643 g/mol. The summed E-state index contributed by atoms with van der Waals surface area (Å²) < 4.78 is 5.19. The molecule has 3 rings (SSSR count). The van der Waals surface area contributed by atoms with Crippen molar-refractivity contribution >= 4 is 47.1 Å². The molecule has 2 aliphatic heterocycles. The molecule has 1 aromatic rings. The number of thioether (sulfide) groups is 1. The van der Waals surface area contributed by atoms with E-state index in [1.54, 1.807) is 30.8 Å². The van der Waals surface area contributed by atoms with Gasteiger partial charge in [-0.25, -0.2) is 4.79 Å². The van der Waals surface area contributed by atoms with Crippen LogP contribution in [0.5, 0.6) is 0 Å². The molecule has 4 atom stereocenters. The van der Waals surface area contributed by atoms with E-state index in [2.05, 4.69) is 31.4 Å². The number of benzene rings is 1. The number of nitrogens with one attached hydrogen (secondary N) is 2. The van der Waals surface area contributed by atoms with Crippen LogP contribution in [0.15, 0.2) is 24.3 Å². The molecule has 0 bridgehead atoms. The summed E-state index contributed by atoms with van der Waals surface area (Å²) in [4.78, 5) is 75.4. The van der Waals surface area contributed by atoms with E-state index >= 15 is 0 Å². The lowest BCUT2D eigenvalue weighted by atomic mass is 9.86. The van der Waals surface area contributed by atoms with Crippen LogP contribution in [0, 0.1) is 0 Å². The predicted molar refractivity (Wildman–Crippen MR) is 174 cm³/mol. The number of ether oxygens (including phenoxy) is 1. The molecule has 45 heavy (non-hydrogen) atoms. The van der Waals surface area contributed by atoms with E-state index in [1.807, 2.05) is 19.1 Å². The fourth-order valence-electron chi connectivity index (χ4n) is 5.51. The first-order valence-corrected chi connectivity index (χ1v) is 17.2. The van der Waals surface area contributed by atoms with Crippen molar-refractivity contribution in [2.75, 3.05) is 12.4 Å². The van der Waals surface area contributed by atoms with E-state index in [4.69, 9.17) is 4.74 Å². The molecule has 2 N–H and O–H groups in total. The summed E-state index contributed by atoms with van der Waals surface area (Å²) in [5.41, 5.74) is 1.60. The summed E-state index contributed by atoms with van der Waals surface area (Å²) in [6, 6.07) is 6.49. The van der Waals surface area contributed by atoms with Crippen LogP contribution in [0.25, 0.3) is 0 Å². The van der Waals surface area contributed by atoms with E-state index in [0.29, 0.717) is 37.0 Å². The van der Waals surface area contributed by atoms with Gasteiger partial charge < -0.3 is 15.4 Å². The summed E-state index contributed by atoms with van der Waals surface area (Å²) in [5, 5.41) is 6.01. The van der Waals surface area contributed by atoms with Gasteiger partial charge in [-0.2, -0.15) is 11.8 Å². The largest absolute Gasteiger partial charge is 0.463 e. The van der Waals surface area contributed by atoms with Gasteiger partial charge in [0, 0.05) is 48.7 Å². The van der Waals surface area contributed by atoms with Crippen LogP contribution in [-0.4, -0.2) is 76.0 Å². The number of unbranched alkanes of at least 4 members (excludes halogenated alkanes) is 1. The predicted octanol–water partition coefficient (Wildman–Crippen LogP) is 5.11. The number of ketones is 2. The van der Waals surface area contributed by atoms with E-state index in [9.17, 15) is 28.8 Å². The number of carbonyl (C=O) groups excluding carboxylic acids is 6. The lowest BCUT2D eigenvalue weighted by Gasteiger charge is -2.22. The van der Waals surface area contributed by atoms with Crippen LogP contribution in [-0.2, 0) is 29.3 Å². The van der Waals surface area contributed by atoms with Gasteiger partial charge >= 0.3 is 12.0 Å². The molecule has 0 aromatic heterocycles. The molecule has 2 fully saturated rings. The molecule has 2 saturated heterocycles. The second-order valence-electron chi connectivity index (χ2n) is 12.9. The van der Waals surface area contributed by atoms with Crippen molar-refractivity contribution in [3.63, 3.8) is 0 Å². The Labute approximate surface area is 271 Å². The van der Waals surface area contributed by atoms with Crippen LogP contribution in [0.4, 0.5) is 4.79 Å². The molecule has 4 amide bonds. The first-order valence-electron chi connectivity index (χ1n) is 16.2. The Bertz CT molecular complexity index is 1230. The molecule has 0 radical (unpaired) electrons. The first-order chi connectivity index (χ1) is 21.3. The molecule has 0 aliphatic carbocycles. The molecular formula is C34H49N3O7S.